The largest absolute Gasteiger partial charge is 0.439 e. The fraction of sp³-hybridized carbons (Fsp3) is 0.0833. The van der Waals surface area contributed by atoms with Gasteiger partial charge in [-0.05, 0) is 30.3 Å². The minimum atomic E-state index is -4.54. The van der Waals surface area contributed by atoms with Gasteiger partial charge in [0.25, 0.3) is 0 Å². The molecule has 0 saturated heterocycles. The number of nitrogen functional groups attached to an aromatic ring is 1. The third-order valence-electron chi connectivity index (χ3n) is 2.19. The van der Waals surface area contributed by atoms with E-state index < -0.39 is 17.6 Å². The lowest BCUT2D eigenvalue weighted by Gasteiger charge is -2.10. The van der Waals surface area contributed by atoms with Crippen LogP contribution in [0.15, 0.2) is 36.4 Å². The molecule has 3 nitrogen and oxygen atoms in total. The zero-order valence-electron chi connectivity index (χ0n) is 9.41. The van der Waals surface area contributed by atoms with E-state index in [1.807, 2.05) is 0 Å². The summed E-state index contributed by atoms with van der Waals surface area (Å²) in [6.07, 6.45) is -4.54. The van der Waals surface area contributed by atoms with E-state index in [1.165, 1.54) is 12.1 Å². The maximum Gasteiger partial charge on any atom is 0.416 e. The second kappa shape index (κ2) is 4.75. The number of anilines is 1. The maximum atomic E-state index is 12.7. The molecule has 1 aromatic carbocycles. The normalized spacial score (nSPS) is 11.4. The summed E-state index contributed by atoms with van der Waals surface area (Å²) in [5, 5.41) is 0. The van der Waals surface area contributed by atoms with Crippen LogP contribution in [0.4, 0.5) is 23.4 Å². The summed E-state index contributed by atoms with van der Waals surface area (Å²) in [6.45, 7) is 0. The number of rotatable bonds is 2. The van der Waals surface area contributed by atoms with Crippen molar-refractivity contribution < 1.29 is 22.3 Å². The molecule has 100 valence electrons. The van der Waals surface area contributed by atoms with Gasteiger partial charge in [0.05, 0.1) is 5.56 Å². The Labute approximate surface area is 105 Å². The standard InChI is InChI=1S/C12H8F4N2O/c13-8-1-3-9(4-2-8)19-11-6-7(12(14,15)16)5-10(17)18-11/h1-6H,(H2,17,18). The van der Waals surface area contributed by atoms with Crippen molar-refractivity contribution in [2.24, 2.45) is 0 Å². The van der Waals surface area contributed by atoms with Gasteiger partial charge in [-0.3, -0.25) is 0 Å². The van der Waals surface area contributed by atoms with E-state index in [1.54, 1.807) is 0 Å². The van der Waals surface area contributed by atoms with Gasteiger partial charge in [-0.25, -0.2) is 4.39 Å². The van der Waals surface area contributed by atoms with Crippen molar-refractivity contribution >= 4 is 5.82 Å². The minimum Gasteiger partial charge on any atom is -0.439 e. The van der Waals surface area contributed by atoms with Gasteiger partial charge in [0.1, 0.15) is 17.4 Å². The van der Waals surface area contributed by atoms with Crippen LogP contribution >= 0.6 is 0 Å². The van der Waals surface area contributed by atoms with Gasteiger partial charge in [-0.1, -0.05) is 0 Å². The third-order valence-corrected chi connectivity index (χ3v) is 2.19. The van der Waals surface area contributed by atoms with Gasteiger partial charge in [-0.15, -0.1) is 0 Å². The smallest absolute Gasteiger partial charge is 0.416 e. The predicted molar refractivity (Wildman–Crippen MR) is 60.1 cm³/mol. The van der Waals surface area contributed by atoms with Crippen LogP contribution in [0.5, 0.6) is 11.6 Å². The number of pyridine rings is 1. The van der Waals surface area contributed by atoms with E-state index in [4.69, 9.17) is 10.5 Å². The molecule has 7 heteroatoms. The molecule has 0 saturated carbocycles. The average molecular weight is 272 g/mol. The molecule has 0 atom stereocenters. The van der Waals surface area contributed by atoms with Crippen LogP contribution in [-0.4, -0.2) is 4.98 Å². The van der Waals surface area contributed by atoms with E-state index in [2.05, 4.69) is 4.98 Å². The summed E-state index contributed by atoms with van der Waals surface area (Å²) in [5.41, 5.74) is 4.32. The lowest BCUT2D eigenvalue weighted by atomic mass is 10.2. The van der Waals surface area contributed by atoms with Crippen LogP contribution in [0.25, 0.3) is 0 Å². The monoisotopic (exact) mass is 272 g/mol. The molecule has 19 heavy (non-hydrogen) atoms. The first-order valence-corrected chi connectivity index (χ1v) is 5.13. The van der Waals surface area contributed by atoms with Gasteiger partial charge in [0.2, 0.25) is 5.88 Å². The Kier molecular flexibility index (Phi) is 3.28. The fourth-order valence-electron chi connectivity index (χ4n) is 1.37. The Balaban J connectivity index is 2.30. The van der Waals surface area contributed by atoms with Crippen LogP contribution < -0.4 is 10.5 Å². The molecule has 2 N–H and O–H groups in total. The number of ether oxygens (including phenoxy) is 1. The summed E-state index contributed by atoms with van der Waals surface area (Å²) in [5.74, 6) is -0.942. The Bertz CT molecular complexity index is 581. The summed E-state index contributed by atoms with van der Waals surface area (Å²) in [6, 6.07) is 6.21. The van der Waals surface area contributed by atoms with Crippen LogP contribution in [0, 0.1) is 5.82 Å². The second-order valence-corrected chi connectivity index (χ2v) is 3.67. The molecule has 0 bridgehead atoms. The molecule has 1 aromatic heterocycles. The highest BCUT2D eigenvalue weighted by molar-refractivity contribution is 5.40. The molecular weight excluding hydrogens is 264 g/mol. The van der Waals surface area contributed by atoms with Crippen molar-refractivity contribution in [3.05, 3.63) is 47.8 Å². The van der Waals surface area contributed by atoms with E-state index in [0.29, 0.717) is 6.07 Å². The highest BCUT2D eigenvalue weighted by atomic mass is 19.4. The van der Waals surface area contributed by atoms with Crippen molar-refractivity contribution in [3.8, 4) is 11.6 Å². The number of benzene rings is 1. The summed E-state index contributed by atoms with van der Waals surface area (Å²) in [7, 11) is 0. The lowest BCUT2D eigenvalue weighted by Crippen LogP contribution is -2.07. The van der Waals surface area contributed by atoms with Gasteiger partial charge in [0.15, 0.2) is 0 Å². The SMILES string of the molecule is Nc1cc(C(F)(F)F)cc(Oc2ccc(F)cc2)n1. The number of nitrogens with two attached hydrogens (primary N) is 1. The van der Waals surface area contributed by atoms with E-state index in [0.717, 1.165) is 18.2 Å². The molecule has 0 aliphatic carbocycles. The first-order chi connectivity index (χ1) is 8.84. The highest BCUT2D eigenvalue weighted by Crippen LogP contribution is 2.33. The molecule has 0 unspecified atom stereocenters. The Morgan fingerprint density at radius 1 is 1.05 bits per heavy atom. The zero-order chi connectivity index (χ0) is 14.0. The molecule has 0 spiro atoms. The summed E-state index contributed by atoms with van der Waals surface area (Å²) >= 11 is 0. The molecule has 0 aliphatic rings. The number of hydrogen-bond donors (Lipinski definition) is 1. The van der Waals surface area contributed by atoms with Crippen LogP contribution in [0.3, 0.4) is 0 Å². The molecule has 0 radical (unpaired) electrons. The van der Waals surface area contributed by atoms with Crippen molar-refractivity contribution in [1.29, 1.82) is 0 Å². The van der Waals surface area contributed by atoms with E-state index in [9.17, 15) is 17.6 Å². The van der Waals surface area contributed by atoms with Crippen molar-refractivity contribution in [2.75, 3.05) is 5.73 Å². The molecule has 0 aliphatic heterocycles. The Morgan fingerprint density at radius 2 is 1.68 bits per heavy atom. The number of hydrogen-bond acceptors (Lipinski definition) is 3. The summed E-state index contributed by atoms with van der Waals surface area (Å²) < 4.78 is 55.4. The number of halogens is 4. The Morgan fingerprint density at radius 3 is 2.26 bits per heavy atom. The molecular formula is C12H8F4N2O. The van der Waals surface area contributed by atoms with Crippen LogP contribution in [0.2, 0.25) is 0 Å². The quantitative estimate of drug-likeness (QED) is 0.849. The van der Waals surface area contributed by atoms with Gasteiger partial charge in [-0.2, -0.15) is 18.2 Å². The highest BCUT2D eigenvalue weighted by Gasteiger charge is 2.31. The minimum absolute atomic E-state index is 0.160. The van der Waals surface area contributed by atoms with Crippen molar-refractivity contribution in [1.82, 2.24) is 4.98 Å². The number of aromatic nitrogens is 1. The Hall–Kier alpha value is -2.31. The predicted octanol–water partition coefficient (Wildman–Crippen LogP) is 3.61. The fourth-order valence-corrected chi connectivity index (χ4v) is 1.37. The van der Waals surface area contributed by atoms with Crippen LogP contribution in [0.1, 0.15) is 5.56 Å². The maximum absolute atomic E-state index is 12.7. The lowest BCUT2D eigenvalue weighted by molar-refractivity contribution is -0.137. The number of nitrogens with zero attached hydrogens (tertiary/aromatic N) is 1. The average Bonchev–Trinajstić information content (AvgIpc) is 2.30. The number of alkyl halides is 3. The van der Waals surface area contributed by atoms with Crippen molar-refractivity contribution in [2.45, 2.75) is 6.18 Å². The van der Waals surface area contributed by atoms with E-state index in [-0.39, 0.29) is 17.4 Å². The third kappa shape index (κ3) is 3.34. The van der Waals surface area contributed by atoms with Crippen molar-refractivity contribution in [3.63, 3.8) is 0 Å². The molecule has 1 heterocycles. The van der Waals surface area contributed by atoms with Gasteiger partial charge >= 0.3 is 6.18 Å². The molecule has 0 amide bonds. The first-order valence-electron chi connectivity index (χ1n) is 5.13. The molecule has 0 fully saturated rings. The zero-order valence-corrected chi connectivity index (χ0v) is 9.41. The first kappa shape index (κ1) is 13.1. The molecule has 2 aromatic rings. The van der Waals surface area contributed by atoms with Gasteiger partial charge in [0, 0.05) is 6.07 Å². The topological polar surface area (TPSA) is 48.1 Å². The van der Waals surface area contributed by atoms with Crippen LogP contribution in [-0.2, 0) is 6.18 Å². The van der Waals surface area contributed by atoms with Gasteiger partial charge < -0.3 is 10.5 Å². The molecule has 2 rings (SSSR count). The summed E-state index contributed by atoms with van der Waals surface area (Å²) in [4.78, 5) is 3.63. The second-order valence-electron chi connectivity index (χ2n) is 3.67. The van der Waals surface area contributed by atoms with E-state index >= 15 is 0 Å².